The highest BCUT2D eigenvalue weighted by atomic mass is 16.3. The minimum absolute atomic E-state index is 0.665. The first-order chi connectivity index (χ1) is 5.00. The Morgan fingerprint density at radius 2 is 2.09 bits per heavy atom. The normalized spacial score (nSPS) is 19.3. The molecule has 1 rings (SSSR count). The Hall–Kier alpha value is -0.560. The summed E-state index contributed by atoms with van der Waals surface area (Å²) in [6.07, 6.45) is 6.41. The van der Waals surface area contributed by atoms with Gasteiger partial charge in [-0.15, -0.1) is 0 Å². The molecular weight excluding hydrogens is 136 g/mol. The van der Waals surface area contributed by atoms with E-state index < -0.39 is 5.60 Å². The highest BCUT2D eigenvalue weighted by Crippen LogP contribution is 2.24. The molecule has 1 aliphatic carbocycles. The maximum absolute atomic E-state index is 9.65. The zero-order chi connectivity index (χ0) is 8.48. The van der Waals surface area contributed by atoms with Crippen LogP contribution in [0.1, 0.15) is 33.6 Å². The summed E-state index contributed by atoms with van der Waals surface area (Å²) in [4.78, 5) is 0. The van der Waals surface area contributed by atoms with Gasteiger partial charge in [0.1, 0.15) is 0 Å². The van der Waals surface area contributed by atoms with Crippen molar-refractivity contribution >= 4 is 0 Å². The van der Waals surface area contributed by atoms with E-state index in [0.717, 1.165) is 18.4 Å². The van der Waals surface area contributed by atoms with E-state index >= 15 is 0 Å². The molecule has 0 amide bonds. The summed E-state index contributed by atoms with van der Waals surface area (Å²) >= 11 is 0. The van der Waals surface area contributed by atoms with Crippen molar-refractivity contribution in [2.75, 3.05) is 0 Å². The van der Waals surface area contributed by atoms with Crippen LogP contribution in [0.15, 0.2) is 23.3 Å². The fraction of sp³-hybridized carbons (Fsp3) is 0.600. The highest BCUT2D eigenvalue weighted by Gasteiger charge is 2.18. The van der Waals surface area contributed by atoms with Crippen LogP contribution in [-0.4, -0.2) is 10.7 Å². The molecular formula is C10H16O. The summed E-state index contributed by atoms with van der Waals surface area (Å²) in [5.41, 5.74) is 1.76. The number of allylic oxidation sites excluding steroid dienone is 2. The summed E-state index contributed by atoms with van der Waals surface area (Å²) in [5.74, 6) is 0. The molecule has 0 heterocycles. The van der Waals surface area contributed by atoms with Crippen molar-refractivity contribution < 1.29 is 5.11 Å². The molecule has 62 valence electrons. The molecule has 1 N–H and O–H groups in total. The van der Waals surface area contributed by atoms with Gasteiger partial charge in [-0.3, -0.25) is 0 Å². The van der Waals surface area contributed by atoms with E-state index in [2.05, 4.69) is 19.1 Å². The van der Waals surface area contributed by atoms with Crippen molar-refractivity contribution in [1.29, 1.82) is 0 Å². The molecule has 0 aliphatic heterocycles. The molecule has 0 radical (unpaired) electrons. The lowest BCUT2D eigenvalue weighted by molar-refractivity contribution is 0.123. The first-order valence-electron chi connectivity index (χ1n) is 4.10. The van der Waals surface area contributed by atoms with Crippen LogP contribution >= 0.6 is 0 Å². The highest BCUT2D eigenvalue weighted by molar-refractivity contribution is 5.32. The zero-order valence-electron chi connectivity index (χ0n) is 7.52. The van der Waals surface area contributed by atoms with Gasteiger partial charge in [0, 0.05) is 0 Å². The third-order valence-corrected chi connectivity index (χ3v) is 2.01. The van der Waals surface area contributed by atoms with Gasteiger partial charge in [0.05, 0.1) is 5.60 Å². The topological polar surface area (TPSA) is 20.2 Å². The second-order valence-corrected chi connectivity index (χ2v) is 3.75. The van der Waals surface area contributed by atoms with Crippen LogP contribution in [0.3, 0.4) is 0 Å². The molecule has 0 spiro atoms. The third-order valence-electron chi connectivity index (χ3n) is 2.01. The Labute approximate surface area is 68.4 Å². The average Bonchev–Trinajstić information content (AvgIpc) is 1.86. The van der Waals surface area contributed by atoms with E-state index in [1.54, 1.807) is 0 Å². The van der Waals surface area contributed by atoms with Gasteiger partial charge in [-0.05, 0) is 39.2 Å². The van der Waals surface area contributed by atoms with Gasteiger partial charge in [0.15, 0.2) is 0 Å². The molecule has 0 saturated heterocycles. The second kappa shape index (κ2) is 2.82. The van der Waals surface area contributed by atoms with Crippen LogP contribution in [0, 0.1) is 0 Å². The van der Waals surface area contributed by atoms with Crippen molar-refractivity contribution in [3.63, 3.8) is 0 Å². The number of rotatable bonds is 1. The molecule has 0 aromatic rings. The predicted molar refractivity (Wildman–Crippen MR) is 47.4 cm³/mol. The van der Waals surface area contributed by atoms with Crippen LogP contribution in [-0.2, 0) is 0 Å². The summed E-state index contributed by atoms with van der Waals surface area (Å²) in [6, 6.07) is 0. The Morgan fingerprint density at radius 1 is 1.45 bits per heavy atom. The Balaban J connectivity index is 2.82. The van der Waals surface area contributed by atoms with Gasteiger partial charge in [0.25, 0.3) is 0 Å². The fourth-order valence-electron chi connectivity index (χ4n) is 1.28. The van der Waals surface area contributed by atoms with Crippen LogP contribution in [0.5, 0.6) is 0 Å². The molecule has 0 aromatic heterocycles. The third kappa shape index (κ3) is 2.19. The van der Waals surface area contributed by atoms with Crippen LogP contribution in [0.25, 0.3) is 0 Å². The molecule has 0 bridgehead atoms. The lowest BCUT2D eigenvalue weighted by Gasteiger charge is -2.22. The minimum Gasteiger partial charge on any atom is -0.386 e. The molecule has 0 saturated carbocycles. The van der Waals surface area contributed by atoms with E-state index in [1.165, 1.54) is 5.57 Å². The van der Waals surface area contributed by atoms with E-state index in [1.807, 2.05) is 13.8 Å². The molecule has 1 nitrogen and oxygen atoms in total. The SMILES string of the molecule is CC1=CC(C(C)(C)O)=CCC1. The molecule has 0 aromatic carbocycles. The van der Waals surface area contributed by atoms with Gasteiger partial charge < -0.3 is 5.11 Å². The molecule has 1 heteroatoms. The first kappa shape index (κ1) is 8.54. The van der Waals surface area contributed by atoms with Crippen molar-refractivity contribution in [1.82, 2.24) is 0 Å². The standard InChI is InChI=1S/C10H16O/c1-8-5-4-6-9(7-8)10(2,3)11/h6-7,11H,4-5H2,1-3H3. The smallest absolute Gasteiger partial charge is 0.0837 e. The monoisotopic (exact) mass is 152 g/mol. The Bertz CT molecular complexity index is 203. The summed E-state index contributed by atoms with van der Waals surface area (Å²) in [6.45, 7) is 5.76. The number of hydrogen-bond donors (Lipinski definition) is 1. The minimum atomic E-state index is -0.665. The van der Waals surface area contributed by atoms with Crippen molar-refractivity contribution in [3.8, 4) is 0 Å². The van der Waals surface area contributed by atoms with E-state index in [-0.39, 0.29) is 0 Å². The zero-order valence-corrected chi connectivity index (χ0v) is 7.52. The van der Waals surface area contributed by atoms with Crippen molar-refractivity contribution in [2.24, 2.45) is 0 Å². The number of aliphatic hydroxyl groups is 1. The molecule has 11 heavy (non-hydrogen) atoms. The van der Waals surface area contributed by atoms with E-state index in [0.29, 0.717) is 0 Å². The number of hydrogen-bond acceptors (Lipinski definition) is 1. The Kier molecular flexibility index (Phi) is 2.19. The quantitative estimate of drug-likeness (QED) is 0.611. The van der Waals surface area contributed by atoms with Gasteiger partial charge in [-0.2, -0.15) is 0 Å². The fourth-order valence-corrected chi connectivity index (χ4v) is 1.28. The predicted octanol–water partition coefficient (Wildman–Crippen LogP) is 2.42. The molecule has 0 fully saturated rings. The average molecular weight is 152 g/mol. The van der Waals surface area contributed by atoms with E-state index in [4.69, 9.17) is 0 Å². The molecule has 0 unspecified atom stereocenters. The Morgan fingerprint density at radius 3 is 2.45 bits per heavy atom. The molecule has 0 atom stereocenters. The summed E-state index contributed by atoms with van der Waals surface area (Å²) in [5, 5.41) is 9.65. The van der Waals surface area contributed by atoms with Gasteiger partial charge in [0.2, 0.25) is 0 Å². The second-order valence-electron chi connectivity index (χ2n) is 3.75. The molecule has 1 aliphatic rings. The van der Waals surface area contributed by atoms with Crippen molar-refractivity contribution in [3.05, 3.63) is 23.3 Å². The first-order valence-corrected chi connectivity index (χ1v) is 4.10. The van der Waals surface area contributed by atoms with Crippen LogP contribution < -0.4 is 0 Å². The summed E-state index contributed by atoms with van der Waals surface area (Å²) in [7, 11) is 0. The van der Waals surface area contributed by atoms with Crippen LogP contribution in [0.4, 0.5) is 0 Å². The van der Waals surface area contributed by atoms with E-state index in [9.17, 15) is 5.11 Å². The van der Waals surface area contributed by atoms with Gasteiger partial charge >= 0.3 is 0 Å². The maximum Gasteiger partial charge on any atom is 0.0837 e. The largest absolute Gasteiger partial charge is 0.386 e. The van der Waals surface area contributed by atoms with Crippen LogP contribution in [0.2, 0.25) is 0 Å². The summed E-state index contributed by atoms with van der Waals surface area (Å²) < 4.78 is 0. The lowest BCUT2D eigenvalue weighted by atomic mass is 9.90. The maximum atomic E-state index is 9.65. The van der Waals surface area contributed by atoms with Gasteiger partial charge in [-0.1, -0.05) is 17.7 Å². The lowest BCUT2D eigenvalue weighted by Crippen LogP contribution is -2.21. The van der Waals surface area contributed by atoms with Crippen molar-refractivity contribution in [2.45, 2.75) is 39.2 Å². The van der Waals surface area contributed by atoms with Gasteiger partial charge in [-0.25, -0.2) is 0 Å².